The number of hydrogen-bond donors (Lipinski definition) is 0. The monoisotopic (exact) mass is 664 g/mol. The lowest BCUT2D eigenvalue weighted by atomic mass is 9.99. The maximum Gasteiger partial charge on any atom is 0.167 e. The summed E-state index contributed by atoms with van der Waals surface area (Å²) >= 11 is 0. The molecule has 0 fully saturated rings. The van der Waals surface area contributed by atoms with E-state index in [-0.39, 0.29) is 0 Å². The third kappa shape index (κ3) is 4.54. The Kier molecular flexibility index (Phi) is 6.76. The molecule has 0 aliphatic heterocycles. The molecular formula is C46H28N6. The van der Waals surface area contributed by atoms with Crippen molar-refractivity contribution in [1.82, 2.24) is 24.1 Å². The number of fused-ring (bicyclic) bond motifs is 6. The fraction of sp³-hybridized carbons (Fsp3) is 0. The number of rotatable bonds is 5. The lowest BCUT2D eigenvalue weighted by Gasteiger charge is -2.18. The van der Waals surface area contributed by atoms with Gasteiger partial charge >= 0.3 is 0 Å². The van der Waals surface area contributed by atoms with Crippen LogP contribution >= 0.6 is 0 Å². The van der Waals surface area contributed by atoms with Gasteiger partial charge in [-0.1, -0.05) is 133 Å². The fourth-order valence-electron chi connectivity index (χ4n) is 7.57. The summed E-state index contributed by atoms with van der Waals surface area (Å²) in [6.07, 6.45) is 0. The number of para-hydroxylation sites is 4. The zero-order valence-electron chi connectivity index (χ0n) is 27.8. The number of aromatic nitrogens is 5. The molecule has 6 heteroatoms. The van der Waals surface area contributed by atoms with Gasteiger partial charge in [0.25, 0.3) is 0 Å². The minimum atomic E-state index is 0.424. The summed E-state index contributed by atoms with van der Waals surface area (Å²) in [7, 11) is 0. The second-order valence-corrected chi connectivity index (χ2v) is 12.7. The Balaban J connectivity index is 1.43. The van der Waals surface area contributed by atoms with Crippen LogP contribution in [-0.4, -0.2) is 24.1 Å². The minimum Gasteiger partial charge on any atom is -0.308 e. The molecule has 0 amide bonds. The van der Waals surface area contributed by atoms with Crippen molar-refractivity contribution < 1.29 is 0 Å². The van der Waals surface area contributed by atoms with Gasteiger partial charge in [0.2, 0.25) is 0 Å². The molecule has 3 heterocycles. The van der Waals surface area contributed by atoms with Crippen molar-refractivity contribution in [3.05, 3.63) is 175 Å². The molecule has 10 rings (SSSR count). The molecule has 0 saturated heterocycles. The highest BCUT2D eigenvalue weighted by Crippen LogP contribution is 2.44. The molecule has 0 radical (unpaired) electrons. The summed E-state index contributed by atoms with van der Waals surface area (Å²) in [6.45, 7) is 0. The van der Waals surface area contributed by atoms with E-state index in [1.54, 1.807) is 0 Å². The molecule has 0 bridgehead atoms. The van der Waals surface area contributed by atoms with E-state index in [0.717, 1.165) is 66.1 Å². The Morgan fingerprint density at radius 2 is 0.846 bits per heavy atom. The Morgan fingerprint density at radius 1 is 0.423 bits per heavy atom. The Morgan fingerprint density at radius 3 is 1.37 bits per heavy atom. The van der Waals surface area contributed by atoms with E-state index in [1.807, 2.05) is 84.9 Å². The molecule has 242 valence electrons. The third-order valence-electron chi connectivity index (χ3n) is 9.81. The number of benzene rings is 7. The first-order chi connectivity index (χ1) is 25.8. The molecule has 0 saturated carbocycles. The SMILES string of the molecule is N#Cc1c(-c2nc(-c3ccccc3)nc(-c3ccccc3)n2)c(-n2c3ccccc3c3ccccc32)cc2c3ccccc3n(-c3ccccc3)c12. The van der Waals surface area contributed by atoms with E-state index in [1.165, 1.54) is 0 Å². The fourth-order valence-corrected chi connectivity index (χ4v) is 7.57. The summed E-state index contributed by atoms with van der Waals surface area (Å²) in [5, 5.41) is 15.7. The zero-order valence-corrected chi connectivity index (χ0v) is 27.8. The molecule has 7 aromatic carbocycles. The van der Waals surface area contributed by atoms with Gasteiger partial charge in [0, 0.05) is 38.4 Å². The average molecular weight is 665 g/mol. The molecular weight excluding hydrogens is 637 g/mol. The van der Waals surface area contributed by atoms with Crippen LogP contribution in [0.2, 0.25) is 0 Å². The molecule has 0 aliphatic carbocycles. The summed E-state index contributed by atoms with van der Waals surface area (Å²) in [6, 6.07) is 60.3. The normalized spacial score (nSPS) is 11.4. The van der Waals surface area contributed by atoms with Gasteiger partial charge in [-0.2, -0.15) is 5.26 Å². The van der Waals surface area contributed by atoms with Crippen molar-refractivity contribution in [2.45, 2.75) is 0 Å². The van der Waals surface area contributed by atoms with Crippen molar-refractivity contribution in [1.29, 1.82) is 5.26 Å². The van der Waals surface area contributed by atoms with Crippen LogP contribution < -0.4 is 0 Å². The van der Waals surface area contributed by atoms with Crippen molar-refractivity contribution in [3.63, 3.8) is 0 Å². The molecule has 0 spiro atoms. The summed E-state index contributed by atoms with van der Waals surface area (Å²) in [5.41, 5.74) is 8.50. The maximum atomic E-state index is 11.5. The van der Waals surface area contributed by atoms with Gasteiger partial charge in [-0.3, -0.25) is 0 Å². The highest BCUT2D eigenvalue weighted by atomic mass is 15.1. The molecule has 0 N–H and O–H groups in total. The molecule has 0 unspecified atom stereocenters. The van der Waals surface area contributed by atoms with Crippen molar-refractivity contribution in [3.8, 4) is 51.6 Å². The van der Waals surface area contributed by atoms with Crippen LogP contribution in [0, 0.1) is 11.3 Å². The number of nitriles is 1. The van der Waals surface area contributed by atoms with E-state index in [9.17, 15) is 5.26 Å². The van der Waals surface area contributed by atoms with E-state index >= 15 is 0 Å². The van der Waals surface area contributed by atoms with Crippen LogP contribution in [-0.2, 0) is 0 Å². The van der Waals surface area contributed by atoms with Crippen LogP contribution in [0.3, 0.4) is 0 Å². The lowest BCUT2D eigenvalue weighted by Crippen LogP contribution is -2.07. The Bertz CT molecular complexity index is 2900. The van der Waals surface area contributed by atoms with Gasteiger partial charge in [-0.15, -0.1) is 0 Å². The first-order valence-corrected chi connectivity index (χ1v) is 17.2. The summed E-state index contributed by atoms with van der Waals surface area (Å²) < 4.78 is 4.46. The Hall–Kier alpha value is -7.36. The van der Waals surface area contributed by atoms with Gasteiger partial charge in [0.05, 0.1) is 38.9 Å². The zero-order chi connectivity index (χ0) is 34.6. The highest BCUT2D eigenvalue weighted by Gasteiger charge is 2.27. The first kappa shape index (κ1) is 29.5. The van der Waals surface area contributed by atoms with Crippen molar-refractivity contribution >= 4 is 43.6 Å². The van der Waals surface area contributed by atoms with Gasteiger partial charge < -0.3 is 9.13 Å². The third-order valence-corrected chi connectivity index (χ3v) is 9.81. The number of nitrogens with zero attached hydrogens (tertiary/aromatic N) is 6. The van der Waals surface area contributed by atoms with Gasteiger partial charge in [0.1, 0.15) is 6.07 Å². The minimum absolute atomic E-state index is 0.424. The van der Waals surface area contributed by atoms with E-state index in [4.69, 9.17) is 15.0 Å². The molecule has 6 nitrogen and oxygen atoms in total. The highest BCUT2D eigenvalue weighted by molar-refractivity contribution is 6.15. The summed E-state index contributed by atoms with van der Waals surface area (Å²) in [5.74, 6) is 1.49. The quantitative estimate of drug-likeness (QED) is 0.184. The second-order valence-electron chi connectivity index (χ2n) is 12.7. The average Bonchev–Trinajstić information content (AvgIpc) is 3.74. The molecule has 3 aromatic heterocycles. The topological polar surface area (TPSA) is 72.3 Å². The molecule has 0 aliphatic rings. The largest absolute Gasteiger partial charge is 0.308 e. The maximum absolute atomic E-state index is 11.5. The smallest absolute Gasteiger partial charge is 0.167 e. The first-order valence-electron chi connectivity index (χ1n) is 17.2. The predicted molar refractivity (Wildman–Crippen MR) is 210 cm³/mol. The van der Waals surface area contributed by atoms with Crippen LogP contribution in [0.4, 0.5) is 0 Å². The van der Waals surface area contributed by atoms with Crippen LogP contribution in [0.25, 0.3) is 89.2 Å². The van der Waals surface area contributed by atoms with Gasteiger partial charge in [-0.05, 0) is 36.4 Å². The van der Waals surface area contributed by atoms with E-state index in [0.29, 0.717) is 28.6 Å². The Labute approximate surface area is 299 Å². The summed E-state index contributed by atoms with van der Waals surface area (Å²) in [4.78, 5) is 15.4. The molecule has 52 heavy (non-hydrogen) atoms. The predicted octanol–water partition coefficient (Wildman–Crippen LogP) is 10.9. The van der Waals surface area contributed by atoms with Crippen LogP contribution in [0.5, 0.6) is 0 Å². The van der Waals surface area contributed by atoms with Crippen LogP contribution in [0.1, 0.15) is 5.56 Å². The molecule has 10 aromatic rings. The van der Waals surface area contributed by atoms with Crippen molar-refractivity contribution in [2.75, 3.05) is 0 Å². The van der Waals surface area contributed by atoms with E-state index < -0.39 is 0 Å². The van der Waals surface area contributed by atoms with Crippen LogP contribution in [0.15, 0.2) is 170 Å². The van der Waals surface area contributed by atoms with E-state index in [2.05, 4.69) is 100 Å². The molecule has 0 atom stereocenters. The van der Waals surface area contributed by atoms with Gasteiger partial charge in [0.15, 0.2) is 17.5 Å². The van der Waals surface area contributed by atoms with Crippen molar-refractivity contribution in [2.24, 2.45) is 0 Å². The van der Waals surface area contributed by atoms with Gasteiger partial charge in [-0.25, -0.2) is 15.0 Å². The second kappa shape index (κ2) is 11.9. The standard InChI is InChI=1S/C46H28N6/c47-29-37-42(46-49-44(30-16-4-1-5-17-30)48-45(50-46)31-18-6-2-7-19-31)41(52-39-26-14-10-22-33(39)34-23-11-15-27-40(34)52)28-36-35-24-12-13-25-38(35)51(43(36)37)32-20-8-3-9-21-32/h1-28H. The lowest BCUT2D eigenvalue weighted by molar-refractivity contribution is 1.06. The number of hydrogen-bond acceptors (Lipinski definition) is 4.